The largest absolute Gasteiger partial charge is 0.490 e. The monoisotopic (exact) mass is 565 g/mol. The maximum Gasteiger partial charge on any atom is 0.338 e. The van der Waals surface area contributed by atoms with E-state index in [1.807, 2.05) is 51.1 Å². The van der Waals surface area contributed by atoms with Crippen LogP contribution in [0.2, 0.25) is 5.02 Å². The van der Waals surface area contributed by atoms with Crippen LogP contribution in [0.5, 0.6) is 5.75 Å². The number of aliphatic hydroxyl groups excluding tert-OH is 1. The number of carbonyl (C=O) groups is 1. The molecule has 5 nitrogen and oxygen atoms in total. The fourth-order valence-electron chi connectivity index (χ4n) is 6.68. The summed E-state index contributed by atoms with van der Waals surface area (Å²) >= 11 is 6.40. The summed E-state index contributed by atoms with van der Waals surface area (Å²) in [4.78, 5) is 15.5. The second-order valence-corrected chi connectivity index (χ2v) is 13.4. The molecule has 2 aromatic carbocycles. The standard InChI is InChI=1S/C34H44ClNO4/c1-5-6-7-10-30(37)27-14-11-25(27)20-36-21-34(17-8-9-23-18-26(35)13-15-28(23)34)22-39-31-16-12-24(19-29(31)36)32(38)40-33(2,3)4/h7,10,12-13,15-16,18-19,25,27,30,37H,5-6,8-9,11,14,17,20-22H2,1-4H3/b10-7+/t25-,27+,30+,34?/m0/s1. The van der Waals surface area contributed by atoms with Crippen molar-refractivity contribution in [2.24, 2.45) is 11.8 Å². The third-order valence-electron chi connectivity index (χ3n) is 8.83. The molecule has 0 amide bonds. The Morgan fingerprint density at radius 2 is 2.08 bits per heavy atom. The number of esters is 1. The molecule has 3 aliphatic rings. The zero-order valence-corrected chi connectivity index (χ0v) is 25.2. The van der Waals surface area contributed by atoms with Crippen LogP contribution in [0.4, 0.5) is 5.69 Å². The number of nitrogens with zero attached hydrogens (tertiary/aromatic N) is 1. The fourth-order valence-corrected chi connectivity index (χ4v) is 6.87. The molecular weight excluding hydrogens is 522 g/mol. The molecule has 1 N–H and O–H groups in total. The van der Waals surface area contributed by atoms with E-state index in [0.717, 1.165) is 74.5 Å². The van der Waals surface area contributed by atoms with Crippen LogP contribution in [0.15, 0.2) is 48.6 Å². The van der Waals surface area contributed by atoms with Gasteiger partial charge in [0.1, 0.15) is 11.4 Å². The molecule has 1 aliphatic heterocycles. The van der Waals surface area contributed by atoms with Crippen LogP contribution >= 0.6 is 11.6 Å². The number of allylic oxidation sites excluding steroid dienone is 1. The predicted octanol–water partition coefficient (Wildman–Crippen LogP) is 7.51. The molecular formula is C34H44ClNO4. The third kappa shape index (κ3) is 6.21. The van der Waals surface area contributed by atoms with Crippen molar-refractivity contribution in [1.82, 2.24) is 0 Å². The highest BCUT2D eigenvalue weighted by molar-refractivity contribution is 6.30. The van der Waals surface area contributed by atoms with Gasteiger partial charge in [-0.2, -0.15) is 0 Å². The van der Waals surface area contributed by atoms with Crippen molar-refractivity contribution >= 4 is 23.3 Å². The first-order chi connectivity index (χ1) is 19.1. The second-order valence-electron chi connectivity index (χ2n) is 13.0. The molecule has 1 fully saturated rings. The maximum atomic E-state index is 13.1. The highest BCUT2D eigenvalue weighted by Crippen LogP contribution is 2.46. The quantitative estimate of drug-likeness (QED) is 0.278. The van der Waals surface area contributed by atoms with Crippen molar-refractivity contribution < 1.29 is 19.4 Å². The van der Waals surface area contributed by atoms with Gasteiger partial charge >= 0.3 is 5.97 Å². The van der Waals surface area contributed by atoms with E-state index in [4.69, 9.17) is 21.1 Å². The first kappa shape index (κ1) is 29.0. The van der Waals surface area contributed by atoms with Crippen LogP contribution in [0.1, 0.15) is 87.7 Å². The highest BCUT2D eigenvalue weighted by atomic mass is 35.5. The van der Waals surface area contributed by atoms with Crippen molar-refractivity contribution in [2.45, 2.75) is 89.8 Å². The topological polar surface area (TPSA) is 59.0 Å². The second kappa shape index (κ2) is 11.8. The smallest absolute Gasteiger partial charge is 0.338 e. The summed E-state index contributed by atoms with van der Waals surface area (Å²) in [6.07, 6.45) is 11.0. The van der Waals surface area contributed by atoms with Crippen LogP contribution < -0.4 is 9.64 Å². The Balaban J connectivity index is 1.49. The molecule has 2 aromatic rings. The van der Waals surface area contributed by atoms with Gasteiger partial charge in [-0.3, -0.25) is 0 Å². The zero-order chi connectivity index (χ0) is 28.5. The average molecular weight is 566 g/mol. The van der Waals surface area contributed by atoms with Gasteiger partial charge in [-0.15, -0.1) is 0 Å². The first-order valence-corrected chi connectivity index (χ1v) is 15.4. The molecule has 1 heterocycles. The summed E-state index contributed by atoms with van der Waals surface area (Å²) < 4.78 is 12.3. The predicted molar refractivity (Wildman–Crippen MR) is 162 cm³/mol. The Morgan fingerprint density at radius 1 is 1.25 bits per heavy atom. The molecule has 0 saturated heterocycles. The van der Waals surface area contributed by atoms with E-state index in [1.165, 1.54) is 11.1 Å². The van der Waals surface area contributed by atoms with Gasteiger partial charge in [0.25, 0.3) is 0 Å². The van der Waals surface area contributed by atoms with E-state index in [0.29, 0.717) is 18.1 Å². The number of halogens is 1. The van der Waals surface area contributed by atoms with Gasteiger partial charge < -0.3 is 19.5 Å². The Morgan fingerprint density at radius 3 is 2.80 bits per heavy atom. The SMILES string of the molecule is CCC/C=C/[C@@H](O)[C@@H]1CC[C@H]1CN1CC2(CCCc3cc(Cl)ccc32)COc2ccc(C(=O)OC(C)(C)C)cc21. The molecule has 0 radical (unpaired) electrons. The fraction of sp³-hybridized carbons (Fsp3) is 0.559. The summed E-state index contributed by atoms with van der Waals surface area (Å²) in [5.74, 6) is 1.07. The molecule has 0 aromatic heterocycles. The number of aryl methyl sites for hydroxylation is 1. The van der Waals surface area contributed by atoms with Crippen LogP contribution in [0.25, 0.3) is 0 Å². The molecule has 1 spiro atoms. The number of carbonyl (C=O) groups excluding carboxylic acids is 1. The van der Waals surface area contributed by atoms with Crippen LogP contribution in [0.3, 0.4) is 0 Å². The molecule has 40 heavy (non-hydrogen) atoms. The van der Waals surface area contributed by atoms with E-state index >= 15 is 0 Å². The van der Waals surface area contributed by atoms with Gasteiger partial charge in [-0.1, -0.05) is 43.2 Å². The summed E-state index contributed by atoms with van der Waals surface area (Å²) in [5, 5.41) is 11.7. The summed E-state index contributed by atoms with van der Waals surface area (Å²) in [6, 6.07) is 12.0. The molecule has 6 heteroatoms. The van der Waals surface area contributed by atoms with E-state index < -0.39 is 11.7 Å². The van der Waals surface area contributed by atoms with Gasteiger partial charge in [0.05, 0.1) is 24.0 Å². The minimum Gasteiger partial charge on any atom is -0.490 e. The molecule has 0 bridgehead atoms. The van der Waals surface area contributed by atoms with E-state index in [2.05, 4.69) is 30.0 Å². The molecule has 1 saturated carbocycles. The minimum atomic E-state index is -0.572. The van der Waals surface area contributed by atoms with E-state index in [1.54, 1.807) is 0 Å². The number of benzene rings is 2. The summed E-state index contributed by atoms with van der Waals surface area (Å²) in [5.41, 5.74) is 3.34. The normalized spacial score (nSPS) is 25.0. The number of hydrogen-bond donors (Lipinski definition) is 1. The van der Waals surface area contributed by atoms with Gasteiger partial charge in [0, 0.05) is 23.5 Å². The van der Waals surface area contributed by atoms with Crippen molar-refractivity contribution in [3.05, 3.63) is 70.3 Å². The first-order valence-electron chi connectivity index (χ1n) is 15.0. The van der Waals surface area contributed by atoms with E-state index in [9.17, 15) is 9.90 Å². The number of unbranched alkanes of at least 4 members (excludes halogenated alkanes) is 1. The molecule has 4 atom stereocenters. The number of aliphatic hydroxyl groups is 1. The Hall–Kier alpha value is -2.50. The van der Waals surface area contributed by atoms with Crippen molar-refractivity contribution in [2.75, 3.05) is 24.6 Å². The lowest BCUT2D eigenvalue weighted by molar-refractivity contribution is 0.00695. The summed E-state index contributed by atoms with van der Waals surface area (Å²) in [6.45, 7) is 9.99. The molecule has 1 unspecified atom stereocenters. The number of ether oxygens (including phenoxy) is 2. The maximum absolute atomic E-state index is 13.1. The lowest BCUT2D eigenvalue weighted by atomic mass is 9.68. The van der Waals surface area contributed by atoms with Crippen LogP contribution in [0, 0.1) is 11.8 Å². The molecule has 216 valence electrons. The Bertz CT molecular complexity index is 1250. The number of anilines is 1. The molecule has 2 aliphatic carbocycles. The van der Waals surface area contributed by atoms with E-state index in [-0.39, 0.29) is 17.3 Å². The lowest BCUT2D eigenvalue weighted by Crippen LogP contribution is -2.49. The number of hydrogen-bond acceptors (Lipinski definition) is 5. The third-order valence-corrected chi connectivity index (χ3v) is 9.07. The van der Waals surface area contributed by atoms with Gasteiger partial charge in [-0.05, 0) is 113 Å². The number of rotatable bonds is 7. The van der Waals surface area contributed by atoms with Crippen molar-refractivity contribution in [3.8, 4) is 5.75 Å². The lowest BCUT2D eigenvalue weighted by Gasteiger charge is -2.45. The van der Waals surface area contributed by atoms with Crippen molar-refractivity contribution in [3.63, 3.8) is 0 Å². The van der Waals surface area contributed by atoms with Crippen molar-refractivity contribution in [1.29, 1.82) is 0 Å². The Labute approximate surface area is 244 Å². The van der Waals surface area contributed by atoms with Crippen LogP contribution in [-0.4, -0.2) is 42.5 Å². The van der Waals surface area contributed by atoms with Gasteiger partial charge in [0.15, 0.2) is 0 Å². The van der Waals surface area contributed by atoms with Crippen LogP contribution in [-0.2, 0) is 16.6 Å². The summed E-state index contributed by atoms with van der Waals surface area (Å²) in [7, 11) is 0. The average Bonchev–Trinajstić information content (AvgIpc) is 3.03. The number of fused-ring (bicyclic) bond motifs is 3. The highest BCUT2D eigenvalue weighted by Gasteiger charge is 2.44. The van der Waals surface area contributed by atoms with Gasteiger partial charge in [-0.25, -0.2) is 4.79 Å². The minimum absolute atomic E-state index is 0.178. The zero-order valence-electron chi connectivity index (χ0n) is 24.4. The van der Waals surface area contributed by atoms with Gasteiger partial charge in [0.2, 0.25) is 0 Å². The molecule has 5 rings (SSSR count). The Kier molecular flexibility index (Phi) is 8.54.